The summed E-state index contributed by atoms with van der Waals surface area (Å²) in [5.74, 6) is -0.974. The third-order valence-corrected chi connectivity index (χ3v) is 22.4. The van der Waals surface area contributed by atoms with E-state index in [0.717, 1.165) is 66.3 Å². The van der Waals surface area contributed by atoms with Crippen LogP contribution in [0.4, 0.5) is 39.8 Å². The summed E-state index contributed by atoms with van der Waals surface area (Å²) >= 11 is 24.9. The van der Waals surface area contributed by atoms with Crippen molar-refractivity contribution in [2.45, 2.75) is 34.2 Å². The smallest absolute Gasteiger partial charge is 0.289 e. The van der Waals surface area contributed by atoms with Gasteiger partial charge < -0.3 is 31.7 Å². The highest BCUT2D eigenvalue weighted by molar-refractivity contribution is 7.93. The van der Waals surface area contributed by atoms with Gasteiger partial charge in [-0.25, -0.2) is 21.8 Å². The molecule has 0 amide bonds. The zero-order valence-corrected chi connectivity index (χ0v) is 54.8. The van der Waals surface area contributed by atoms with Crippen LogP contribution in [0.1, 0.15) is 38.9 Å². The third kappa shape index (κ3) is 9.64. The Labute approximate surface area is 570 Å². The molecule has 0 atom stereocenters. The Morgan fingerprint density at radius 1 is 0.427 bits per heavy atom. The minimum absolute atomic E-state index is 0.00612. The molecule has 12 aromatic carbocycles. The van der Waals surface area contributed by atoms with Crippen molar-refractivity contribution in [1.29, 1.82) is 0 Å². The molecule has 17 rings (SSSR count). The molecule has 2 aliphatic heterocycles. The molecule has 470 valence electrons. The van der Waals surface area contributed by atoms with Crippen molar-refractivity contribution in [3.05, 3.63) is 306 Å². The maximum Gasteiger partial charge on any atom is 0.289 e. The molecule has 20 heteroatoms. The monoisotopic (exact) mass is 1370 g/mol. The average molecular weight is 1380 g/mol. The molecule has 14 nitrogen and oxygen atoms in total. The molecule has 0 fully saturated rings. The third-order valence-electron chi connectivity index (χ3n) is 18.6. The van der Waals surface area contributed by atoms with Gasteiger partial charge in [0.2, 0.25) is 5.36 Å². The number of halogens is 4. The SMILES string of the molecule is O=C1C(c2ccc3cccc4c3c2NC2(N4)c3cc(S(=O)(=O)Nc4ccc(Cl)cc4)ccc3-c3ccc(S(=O)(=O)Nc4ccc(Cl)cc4)cc32)=C([O-])C1=c1ccc2cccc3c2c1NC1([NH+]=3)c2cc(CNc3ccc(Cl)cc3)ccc2-c2ccc(CNc3ccc(Cl)cc3)cc21. The van der Waals surface area contributed by atoms with Crippen molar-refractivity contribution >= 4 is 145 Å². The van der Waals surface area contributed by atoms with Gasteiger partial charge in [-0.15, -0.1) is 0 Å². The van der Waals surface area contributed by atoms with Crippen LogP contribution in [0, 0.1) is 0 Å². The van der Waals surface area contributed by atoms with E-state index in [0.29, 0.717) is 88.7 Å². The number of rotatable bonds is 13. The minimum atomic E-state index is -4.29. The Kier molecular flexibility index (Phi) is 13.7. The molecular formula is C76H50Cl4N8O6S2. The van der Waals surface area contributed by atoms with Gasteiger partial charge in [0.25, 0.3) is 25.7 Å². The Bertz CT molecular complexity index is 5590. The van der Waals surface area contributed by atoms with Crippen LogP contribution in [0.25, 0.3) is 54.9 Å². The molecule has 0 bridgehead atoms. The number of sulfonamides is 2. The van der Waals surface area contributed by atoms with E-state index in [1.54, 1.807) is 78.9 Å². The molecule has 0 saturated carbocycles. The maximum atomic E-state index is 15.8. The van der Waals surface area contributed by atoms with Crippen molar-refractivity contribution in [1.82, 2.24) is 0 Å². The van der Waals surface area contributed by atoms with Crippen molar-refractivity contribution in [2.75, 3.05) is 36.0 Å². The highest BCUT2D eigenvalue weighted by Crippen LogP contribution is 2.57. The van der Waals surface area contributed by atoms with Gasteiger partial charge >= 0.3 is 0 Å². The van der Waals surface area contributed by atoms with E-state index in [1.165, 1.54) is 12.1 Å². The lowest BCUT2D eigenvalue weighted by Crippen LogP contribution is -2.92. The molecule has 0 saturated heterocycles. The van der Waals surface area contributed by atoms with Gasteiger partial charge in [0.1, 0.15) is 0 Å². The fourth-order valence-corrected chi connectivity index (χ4v) is 16.8. The zero-order chi connectivity index (χ0) is 65.6. The Morgan fingerprint density at radius 2 is 0.885 bits per heavy atom. The van der Waals surface area contributed by atoms with Crippen molar-refractivity contribution in [2.24, 2.45) is 0 Å². The summed E-state index contributed by atoms with van der Waals surface area (Å²) in [4.78, 5) is 19.6. The van der Waals surface area contributed by atoms with Crippen LogP contribution < -0.4 is 56.7 Å². The summed E-state index contributed by atoms with van der Waals surface area (Å²) in [7, 11) is -8.58. The normalized spacial score (nSPS) is 15.4. The second-order valence-corrected chi connectivity index (χ2v) is 29.4. The lowest BCUT2D eigenvalue weighted by molar-refractivity contribution is -0.578. The van der Waals surface area contributed by atoms with Crippen LogP contribution in [-0.2, 0) is 49.3 Å². The van der Waals surface area contributed by atoms with Gasteiger partial charge in [-0.05, 0) is 184 Å². The second kappa shape index (κ2) is 22.1. The van der Waals surface area contributed by atoms with Crippen LogP contribution in [0.15, 0.2) is 246 Å². The quantitative estimate of drug-likeness (QED) is 0.0545. The molecule has 0 unspecified atom stereocenters. The van der Waals surface area contributed by atoms with E-state index in [4.69, 9.17) is 46.4 Å². The van der Waals surface area contributed by atoms with Crippen molar-refractivity contribution in [3.63, 3.8) is 0 Å². The number of fused-ring (bicyclic) bond motifs is 10. The summed E-state index contributed by atoms with van der Waals surface area (Å²) in [6, 6.07) is 69.1. The zero-order valence-electron chi connectivity index (χ0n) is 50.1. The number of hydrogen-bond donors (Lipinski definition) is 8. The van der Waals surface area contributed by atoms with E-state index in [9.17, 15) is 16.8 Å². The summed E-state index contributed by atoms with van der Waals surface area (Å²) in [6.07, 6.45) is 0. The molecular weight excluding hydrogens is 1330 g/mol. The molecule has 2 spiro atoms. The topological polar surface area (TPSA) is 207 Å². The summed E-state index contributed by atoms with van der Waals surface area (Å²) in [6.45, 7) is 0.990. The Balaban J connectivity index is 0.815. The average Bonchev–Trinajstić information content (AvgIpc) is 1.42. The molecule has 0 radical (unpaired) electrons. The number of carbonyl (C=O) groups excluding carboxylic acids is 1. The highest BCUT2D eigenvalue weighted by Gasteiger charge is 2.52. The first-order valence-corrected chi connectivity index (χ1v) is 35.1. The van der Waals surface area contributed by atoms with Crippen molar-refractivity contribution < 1.29 is 31.7 Å². The Hall–Kier alpha value is -10.3. The van der Waals surface area contributed by atoms with Gasteiger partial charge in [-0.3, -0.25) is 14.2 Å². The molecule has 12 aromatic rings. The first kappa shape index (κ1) is 59.4. The summed E-state index contributed by atoms with van der Waals surface area (Å²) < 4.78 is 63.3. The van der Waals surface area contributed by atoms with Crippen LogP contribution in [0.2, 0.25) is 20.1 Å². The number of allylic oxidation sites excluding steroid dienone is 2. The fraction of sp³-hybridized carbons (Fsp3) is 0.0526. The van der Waals surface area contributed by atoms with Crippen LogP contribution >= 0.6 is 46.4 Å². The number of Topliss-reactive ketones (excluding diaryl/α,β-unsaturated/α-hetero) is 1. The summed E-state index contributed by atoms with van der Waals surface area (Å²) in [5.41, 5.74) is 9.28. The molecule has 96 heavy (non-hydrogen) atoms. The lowest BCUT2D eigenvalue weighted by atomic mass is 9.79. The molecule has 3 aliphatic carbocycles. The van der Waals surface area contributed by atoms with E-state index >= 15 is 9.90 Å². The highest BCUT2D eigenvalue weighted by atomic mass is 35.5. The number of benzene rings is 12. The predicted octanol–water partition coefficient (Wildman–Crippen LogP) is 13.7. The van der Waals surface area contributed by atoms with Crippen LogP contribution in [0.3, 0.4) is 0 Å². The molecule has 2 heterocycles. The molecule has 0 aromatic heterocycles. The van der Waals surface area contributed by atoms with Gasteiger partial charge in [0, 0.05) is 106 Å². The largest absolute Gasteiger partial charge is 0.871 e. The number of hydrogen-bond acceptors (Lipinski definition) is 11. The van der Waals surface area contributed by atoms with Crippen molar-refractivity contribution in [3.8, 4) is 22.3 Å². The number of anilines is 7. The maximum absolute atomic E-state index is 15.8. The first-order chi connectivity index (χ1) is 46.4. The standard InChI is InChI=1S/C76H50Cl4N8O6S2/c77-45-11-19-49(20-12-45)81-39-41-7-29-55-56-30-8-42(40-82-50-21-13-46(78)14-22-50)36-62(56)75(61(55)35-41)83-65-5-1-3-43-9-31-59(71(85-75)67(43)65)69-73(89)70(74(69)90)60-32-10-44-4-2-6-66-68(44)72(60)86-76(84-66)63-37-53(95(91,92)87-51-23-15-47(79)16-24-51)27-33-57(63)58-34-28-54(38-64(58)76)96(93,94)88-52-25-17-48(80)18-26-52/h1-38,81-82,84-89H,39-40H2. The van der Waals surface area contributed by atoms with E-state index in [1.807, 2.05) is 103 Å². The molecule has 5 aliphatic rings. The number of ketones is 1. The fourth-order valence-electron chi connectivity index (χ4n) is 14.2. The second-order valence-electron chi connectivity index (χ2n) is 24.3. The van der Waals surface area contributed by atoms with Gasteiger partial charge in [0.05, 0.1) is 37.7 Å². The Morgan fingerprint density at radius 3 is 1.41 bits per heavy atom. The summed E-state index contributed by atoms with van der Waals surface area (Å²) in [5, 5.41) is 40.8. The molecule has 8 N–H and O–H groups in total. The van der Waals surface area contributed by atoms with E-state index < -0.39 is 42.9 Å². The number of carbonyl (C=O) groups is 1. The lowest BCUT2D eigenvalue weighted by Gasteiger charge is -2.42. The predicted molar refractivity (Wildman–Crippen MR) is 381 cm³/mol. The van der Waals surface area contributed by atoms with E-state index in [-0.39, 0.29) is 32.3 Å². The van der Waals surface area contributed by atoms with Gasteiger partial charge in [-0.1, -0.05) is 137 Å². The van der Waals surface area contributed by atoms with Crippen LogP contribution in [0.5, 0.6) is 0 Å². The minimum Gasteiger partial charge on any atom is -0.871 e. The number of nitrogens with one attached hydrogen (secondary N) is 8. The van der Waals surface area contributed by atoms with Crippen LogP contribution in [-0.4, -0.2) is 22.6 Å². The first-order valence-electron chi connectivity index (χ1n) is 30.6. The van der Waals surface area contributed by atoms with Gasteiger partial charge in [-0.2, -0.15) is 0 Å². The van der Waals surface area contributed by atoms with E-state index in [2.05, 4.69) is 77.4 Å². The van der Waals surface area contributed by atoms with Gasteiger partial charge in [0.15, 0.2) is 11.4 Å².